The number of carbonyl (C=O) groups excluding carboxylic acids is 2. The van der Waals surface area contributed by atoms with Crippen LogP contribution in [0.4, 0.5) is 16.4 Å². The Bertz CT molecular complexity index is 1570. The average Bonchev–Trinajstić information content (AvgIpc) is 3.35. The highest BCUT2D eigenvalue weighted by Gasteiger charge is 2.33. The van der Waals surface area contributed by atoms with Crippen LogP contribution in [0.3, 0.4) is 0 Å². The fraction of sp³-hybridized carbons (Fsp3) is 0.0690. The number of hydrogen-bond donors (Lipinski definition) is 0. The Hall–Kier alpha value is -4.47. The fourth-order valence-corrected chi connectivity index (χ4v) is 5.23. The number of rotatable bonds is 4. The van der Waals surface area contributed by atoms with Gasteiger partial charge in [0.1, 0.15) is 16.6 Å². The summed E-state index contributed by atoms with van der Waals surface area (Å²) < 4.78 is 0. The molecule has 0 saturated carbocycles. The van der Waals surface area contributed by atoms with E-state index in [1.54, 1.807) is 13.0 Å². The van der Waals surface area contributed by atoms with E-state index >= 15 is 0 Å². The van der Waals surface area contributed by atoms with E-state index in [2.05, 4.69) is 47.4 Å². The molecule has 1 aromatic heterocycles. The maximum absolute atomic E-state index is 12.8. The number of imide groups is 1. The van der Waals surface area contributed by atoms with Crippen LogP contribution in [0.2, 0.25) is 0 Å². The van der Waals surface area contributed by atoms with Gasteiger partial charge in [-0.1, -0.05) is 54.6 Å². The molecule has 0 aliphatic carbocycles. The van der Waals surface area contributed by atoms with Gasteiger partial charge in [0.15, 0.2) is 0 Å². The van der Waals surface area contributed by atoms with Gasteiger partial charge in [0.05, 0.1) is 5.69 Å². The Morgan fingerprint density at radius 2 is 1.60 bits per heavy atom. The number of nitrogens with zero attached hydrogens (tertiary/aromatic N) is 3. The Labute approximate surface area is 207 Å². The summed E-state index contributed by atoms with van der Waals surface area (Å²) in [4.78, 5) is 29.2. The maximum atomic E-state index is 12.8. The molecule has 5 nitrogen and oxygen atoms in total. The van der Waals surface area contributed by atoms with Crippen LogP contribution in [0.15, 0.2) is 102 Å². The van der Waals surface area contributed by atoms with Gasteiger partial charge < -0.3 is 4.90 Å². The summed E-state index contributed by atoms with van der Waals surface area (Å²) in [6, 6.07) is 30.6. The van der Waals surface area contributed by atoms with E-state index in [9.17, 15) is 14.9 Å². The van der Waals surface area contributed by atoms with Gasteiger partial charge in [-0.25, -0.2) is 0 Å². The fourth-order valence-electron chi connectivity index (χ4n) is 4.25. The third-order valence-corrected chi connectivity index (χ3v) is 7.10. The zero-order chi connectivity index (χ0) is 24.5. The molecule has 0 bridgehead atoms. The van der Waals surface area contributed by atoms with E-state index in [0.29, 0.717) is 11.1 Å². The molecule has 0 fully saturated rings. The van der Waals surface area contributed by atoms with Crippen LogP contribution in [-0.4, -0.2) is 23.8 Å². The monoisotopic (exact) mass is 475 g/mol. The van der Waals surface area contributed by atoms with Crippen molar-refractivity contribution in [3.05, 3.63) is 107 Å². The lowest BCUT2D eigenvalue weighted by atomic mass is 9.95. The lowest BCUT2D eigenvalue weighted by Crippen LogP contribution is -2.39. The molecule has 0 radical (unpaired) electrons. The van der Waals surface area contributed by atoms with Gasteiger partial charge in [-0.3, -0.25) is 14.5 Å². The third-order valence-electron chi connectivity index (χ3n) is 6.09. The number of nitriles is 1. The minimum absolute atomic E-state index is 0.00297. The predicted octanol–water partition coefficient (Wildman–Crippen LogP) is 6.59. The first-order valence-corrected chi connectivity index (χ1v) is 11.9. The zero-order valence-corrected chi connectivity index (χ0v) is 20.0. The van der Waals surface area contributed by atoms with Gasteiger partial charge in [-0.2, -0.15) is 5.26 Å². The molecule has 0 unspecified atom stereocenters. The van der Waals surface area contributed by atoms with E-state index < -0.39 is 11.8 Å². The van der Waals surface area contributed by atoms with Crippen molar-refractivity contribution in [2.24, 2.45) is 0 Å². The van der Waals surface area contributed by atoms with Crippen molar-refractivity contribution < 1.29 is 9.59 Å². The standard InChI is InChI=1S/C29H21N3O2S/c1-19-24(28(33)31(2)29(34)25(19)18-30)17-22-15-16-27(35-22)32(21-11-4-3-5-12-21)26-14-8-10-20-9-6-7-13-23(20)26/h3-17H,1-2H3. The first kappa shape index (κ1) is 22.3. The first-order valence-electron chi connectivity index (χ1n) is 11.1. The Morgan fingerprint density at radius 1 is 0.886 bits per heavy atom. The van der Waals surface area contributed by atoms with Gasteiger partial charge >= 0.3 is 0 Å². The quantitative estimate of drug-likeness (QED) is 0.247. The van der Waals surface area contributed by atoms with E-state index in [4.69, 9.17) is 0 Å². The molecule has 2 heterocycles. The zero-order valence-electron chi connectivity index (χ0n) is 19.2. The summed E-state index contributed by atoms with van der Waals surface area (Å²) in [6.07, 6.45) is 1.76. The summed E-state index contributed by atoms with van der Waals surface area (Å²) in [5.41, 5.74) is 2.83. The lowest BCUT2D eigenvalue weighted by molar-refractivity contribution is -0.138. The number of hydrogen-bond acceptors (Lipinski definition) is 5. The topological polar surface area (TPSA) is 64.4 Å². The maximum Gasteiger partial charge on any atom is 0.271 e. The molecule has 0 saturated heterocycles. The number of likely N-dealkylation sites (N-methyl/N-ethyl adjacent to an activating group) is 1. The molecular weight excluding hydrogens is 454 g/mol. The van der Waals surface area contributed by atoms with Gasteiger partial charge in [-0.05, 0) is 54.3 Å². The van der Waals surface area contributed by atoms with E-state index in [1.807, 2.05) is 48.5 Å². The van der Waals surface area contributed by atoms with Crippen LogP contribution in [0, 0.1) is 11.3 Å². The van der Waals surface area contributed by atoms with Crippen LogP contribution in [0.1, 0.15) is 11.8 Å². The van der Waals surface area contributed by atoms with Gasteiger partial charge in [0.25, 0.3) is 11.8 Å². The highest BCUT2D eigenvalue weighted by molar-refractivity contribution is 7.17. The second-order valence-electron chi connectivity index (χ2n) is 8.18. The van der Waals surface area contributed by atoms with Crippen molar-refractivity contribution in [2.75, 3.05) is 11.9 Å². The molecule has 170 valence electrons. The first-order chi connectivity index (χ1) is 17.0. The SMILES string of the molecule is CC1=C(C#N)C(=O)N(C)C(=O)C1=Cc1ccc(N(c2ccccc2)c2cccc3ccccc23)s1. The Kier molecular flexibility index (Phi) is 5.77. The highest BCUT2D eigenvalue weighted by Crippen LogP contribution is 2.42. The molecule has 0 spiro atoms. The predicted molar refractivity (Wildman–Crippen MR) is 141 cm³/mol. The van der Waals surface area contributed by atoms with Crippen LogP contribution in [0.25, 0.3) is 16.8 Å². The van der Waals surface area contributed by atoms with Crippen molar-refractivity contribution >= 4 is 56.4 Å². The second kappa shape index (κ2) is 9.05. The van der Waals surface area contributed by atoms with E-state index in [1.165, 1.54) is 18.4 Å². The molecule has 0 N–H and O–H groups in total. The van der Waals surface area contributed by atoms with Gasteiger partial charge in [-0.15, -0.1) is 11.3 Å². The van der Waals surface area contributed by atoms with E-state index in [-0.39, 0.29) is 5.57 Å². The minimum Gasteiger partial charge on any atom is -0.301 e. The van der Waals surface area contributed by atoms with Crippen molar-refractivity contribution in [1.29, 1.82) is 5.26 Å². The van der Waals surface area contributed by atoms with Crippen molar-refractivity contribution in [2.45, 2.75) is 6.92 Å². The summed E-state index contributed by atoms with van der Waals surface area (Å²) >= 11 is 1.54. The van der Waals surface area contributed by atoms with E-state index in [0.717, 1.165) is 36.9 Å². The summed E-state index contributed by atoms with van der Waals surface area (Å²) in [5, 5.41) is 12.7. The number of fused-ring (bicyclic) bond motifs is 1. The molecule has 3 aromatic carbocycles. The summed E-state index contributed by atoms with van der Waals surface area (Å²) in [5.74, 6) is -0.972. The molecule has 0 atom stereocenters. The lowest BCUT2D eigenvalue weighted by Gasteiger charge is -2.25. The smallest absolute Gasteiger partial charge is 0.271 e. The molecule has 2 amide bonds. The largest absolute Gasteiger partial charge is 0.301 e. The van der Waals surface area contributed by atoms with Crippen LogP contribution >= 0.6 is 11.3 Å². The molecular formula is C29H21N3O2S. The van der Waals surface area contributed by atoms with Crippen LogP contribution < -0.4 is 4.90 Å². The normalized spacial score (nSPS) is 15.1. The van der Waals surface area contributed by atoms with Gasteiger partial charge in [0.2, 0.25) is 0 Å². The molecule has 6 heteroatoms. The molecule has 5 rings (SSSR count). The molecule has 1 aliphatic rings. The Morgan fingerprint density at radius 3 is 2.37 bits per heavy atom. The van der Waals surface area contributed by atoms with Crippen molar-refractivity contribution in [3.63, 3.8) is 0 Å². The summed E-state index contributed by atoms with van der Waals surface area (Å²) in [6.45, 7) is 1.65. The number of benzene rings is 3. The number of para-hydroxylation sites is 1. The number of anilines is 3. The number of carbonyl (C=O) groups is 2. The van der Waals surface area contributed by atoms with Crippen molar-refractivity contribution in [1.82, 2.24) is 4.90 Å². The number of thiophene rings is 1. The summed E-state index contributed by atoms with van der Waals surface area (Å²) in [7, 11) is 1.40. The minimum atomic E-state index is -0.565. The number of amides is 2. The van der Waals surface area contributed by atoms with Crippen LogP contribution in [-0.2, 0) is 9.59 Å². The molecule has 35 heavy (non-hydrogen) atoms. The molecule has 4 aromatic rings. The Balaban J connectivity index is 1.64. The average molecular weight is 476 g/mol. The third kappa shape index (κ3) is 3.92. The van der Waals surface area contributed by atoms with Crippen LogP contribution in [0.5, 0.6) is 0 Å². The molecule has 1 aliphatic heterocycles. The second-order valence-corrected chi connectivity index (χ2v) is 9.28. The highest BCUT2D eigenvalue weighted by atomic mass is 32.1. The van der Waals surface area contributed by atoms with Gasteiger partial charge in [0, 0.05) is 28.6 Å². The van der Waals surface area contributed by atoms with Crippen molar-refractivity contribution in [3.8, 4) is 6.07 Å².